The van der Waals surface area contributed by atoms with E-state index in [0.717, 1.165) is 0 Å². The Morgan fingerprint density at radius 1 is 0.907 bits per heavy atom. The van der Waals surface area contributed by atoms with Gasteiger partial charge in [-0.3, -0.25) is 24.0 Å². The Hall–Kier alpha value is -4.73. The van der Waals surface area contributed by atoms with Crippen LogP contribution in [-0.4, -0.2) is 83.6 Å². The van der Waals surface area contributed by atoms with E-state index in [0.29, 0.717) is 23.1 Å². The zero-order valence-electron chi connectivity index (χ0n) is 23.5. The molecule has 0 aliphatic carbocycles. The van der Waals surface area contributed by atoms with Gasteiger partial charge in [-0.15, -0.1) is 0 Å². The van der Waals surface area contributed by atoms with Crippen molar-refractivity contribution in [3.8, 4) is 22.6 Å². The third kappa shape index (κ3) is 8.64. The van der Waals surface area contributed by atoms with Gasteiger partial charge < -0.3 is 54.4 Å². The van der Waals surface area contributed by atoms with Gasteiger partial charge in [0.2, 0.25) is 23.6 Å². The lowest BCUT2D eigenvalue weighted by Crippen LogP contribution is -2.60. The molecule has 15 nitrogen and oxygen atoms in total. The van der Waals surface area contributed by atoms with Gasteiger partial charge in [0.15, 0.2) is 6.04 Å². The van der Waals surface area contributed by atoms with E-state index in [2.05, 4.69) is 21.3 Å². The maximum atomic E-state index is 13.5. The van der Waals surface area contributed by atoms with Crippen LogP contribution in [-0.2, 0) is 36.8 Å². The molecule has 0 unspecified atom stereocenters. The number of nitrogens with two attached hydrogens (primary N) is 4. The first-order valence-electron chi connectivity index (χ1n) is 13.7. The molecule has 4 atom stereocenters. The third-order valence-electron chi connectivity index (χ3n) is 6.93. The minimum absolute atomic E-state index is 0.0168. The van der Waals surface area contributed by atoms with E-state index in [9.17, 15) is 34.2 Å². The highest BCUT2D eigenvalue weighted by atomic mass is 16.3. The summed E-state index contributed by atoms with van der Waals surface area (Å²) in [5.41, 5.74) is 24.4. The molecule has 15 heteroatoms. The smallest absolute Gasteiger partial charge is 0.252 e. The average molecular weight is 599 g/mol. The molecule has 1 aliphatic rings. The van der Waals surface area contributed by atoms with Gasteiger partial charge in [-0.05, 0) is 65.9 Å². The molecular formula is C28H38N8O7. The highest BCUT2D eigenvalue weighted by Gasteiger charge is 2.33. The lowest BCUT2D eigenvalue weighted by molar-refractivity contribution is -0.137. The topological polar surface area (TPSA) is 278 Å². The molecule has 0 saturated heterocycles. The van der Waals surface area contributed by atoms with Crippen molar-refractivity contribution < 1.29 is 34.2 Å². The van der Waals surface area contributed by atoms with Crippen molar-refractivity contribution in [2.75, 3.05) is 19.6 Å². The largest absolute Gasteiger partial charge is 0.508 e. The summed E-state index contributed by atoms with van der Waals surface area (Å²) in [5, 5.41) is 30.9. The van der Waals surface area contributed by atoms with E-state index in [-0.39, 0.29) is 56.0 Å². The van der Waals surface area contributed by atoms with Gasteiger partial charge in [0.25, 0.3) is 5.91 Å². The summed E-state index contributed by atoms with van der Waals surface area (Å²) in [6, 6.07) is 3.80. The van der Waals surface area contributed by atoms with Crippen molar-refractivity contribution in [1.29, 1.82) is 0 Å². The maximum Gasteiger partial charge on any atom is 0.252 e. The zero-order chi connectivity index (χ0) is 31.7. The highest BCUT2D eigenvalue weighted by molar-refractivity contribution is 6.07. The lowest BCUT2D eigenvalue weighted by atomic mass is 9.95. The fraction of sp³-hybridized carbons (Fsp3) is 0.393. The number of benzene rings is 2. The number of fused-ring (bicyclic) bond motifs is 5. The summed E-state index contributed by atoms with van der Waals surface area (Å²) in [4.78, 5) is 64.5. The van der Waals surface area contributed by atoms with Gasteiger partial charge in [-0.25, -0.2) is 0 Å². The summed E-state index contributed by atoms with van der Waals surface area (Å²) in [5.74, 6) is -4.73. The molecule has 5 amide bonds. The molecule has 0 spiro atoms. The van der Waals surface area contributed by atoms with E-state index in [4.69, 9.17) is 22.9 Å². The molecule has 0 radical (unpaired) electrons. The van der Waals surface area contributed by atoms with Crippen LogP contribution in [0.4, 0.5) is 0 Å². The summed E-state index contributed by atoms with van der Waals surface area (Å²) in [6.07, 6.45) is 0.103. The van der Waals surface area contributed by atoms with E-state index >= 15 is 0 Å². The van der Waals surface area contributed by atoms with Crippen LogP contribution in [0.3, 0.4) is 0 Å². The molecule has 3 rings (SSSR count). The van der Waals surface area contributed by atoms with Crippen molar-refractivity contribution in [2.45, 2.75) is 49.9 Å². The molecule has 2 aromatic carbocycles. The normalized spacial score (nSPS) is 19.6. The number of primary amides is 1. The van der Waals surface area contributed by atoms with Gasteiger partial charge in [0.05, 0.1) is 6.04 Å². The number of carbonyl (C=O) groups excluding carboxylic acids is 5. The van der Waals surface area contributed by atoms with E-state index < -0.39 is 53.7 Å². The Bertz CT molecular complexity index is 1370. The first kappa shape index (κ1) is 32.8. The number of carbonyl (C=O) groups is 5. The number of amides is 5. The number of nitrogens with one attached hydrogen (secondary N) is 4. The first-order valence-corrected chi connectivity index (χ1v) is 13.7. The zero-order valence-corrected chi connectivity index (χ0v) is 23.5. The number of phenolic OH excluding ortho intramolecular Hbond substituents is 2. The number of hydrogen-bond acceptors (Lipinski definition) is 10. The SMILES string of the molecule is NCCC[C@@H]1NC(=O)[C@@H](N)Cc2cc(ccc2O)-c2ccc(O)c(c2)C[C@@H](C(=O)N[C@@H](C(N)=O)C(=O)NCCN)NC1=O. The molecule has 4 bridgehead atoms. The Balaban J connectivity index is 2.08. The monoisotopic (exact) mass is 598 g/mol. The summed E-state index contributed by atoms with van der Waals surface area (Å²) in [7, 11) is 0. The standard InChI is InChI=1S/C28H38N8O7/c29-7-1-2-19-26(41)35-20(27(42)36-23(24(32)39)28(43)33-9-8-30)13-17-11-15(4-6-22(17)38)14-3-5-21(37)16(10-14)12-18(31)25(40)34-19/h3-6,10-11,18-20,23,37-38H,1-2,7-9,12-13,29-31H2,(H2,32,39)(H,33,43)(H,34,40)(H,35,41)(H,36,42)/t18-,19-,20-,23-/m0/s1. The van der Waals surface area contributed by atoms with Crippen molar-refractivity contribution in [2.24, 2.45) is 22.9 Å². The average Bonchev–Trinajstić information content (AvgIpc) is 2.97. The Morgan fingerprint density at radius 3 is 2.07 bits per heavy atom. The van der Waals surface area contributed by atoms with Gasteiger partial charge in [-0.1, -0.05) is 12.1 Å². The summed E-state index contributed by atoms with van der Waals surface area (Å²) >= 11 is 0. The van der Waals surface area contributed by atoms with Crippen LogP contribution < -0.4 is 44.2 Å². The molecule has 2 aromatic rings. The summed E-state index contributed by atoms with van der Waals surface area (Å²) in [6.45, 7) is 0.291. The highest BCUT2D eigenvalue weighted by Crippen LogP contribution is 2.30. The fourth-order valence-electron chi connectivity index (χ4n) is 4.56. The van der Waals surface area contributed by atoms with Gasteiger partial charge in [-0.2, -0.15) is 0 Å². The Labute approximate surface area is 247 Å². The number of aromatic hydroxyl groups is 2. The fourth-order valence-corrected chi connectivity index (χ4v) is 4.56. The van der Waals surface area contributed by atoms with Crippen molar-refractivity contribution in [1.82, 2.24) is 21.3 Å². The molecule has 0 saturated carbocycles. The molecule has 1 aliphatic heterocycles. The molecule has 1 heterocycles. The molecule has 14 N–H and O–H groups in total. The van der Waals surface area contributed by atoms with Crippen LogP contribution in [0.5, 0.6) is 11.5 Å². The second-order valence-electron chi connectivity index (χ2n) is 10.2. The van der Waals surface area contributed by atoms with Crippen molar-refractivity contribution in [3.63, 3.8) is 0 Å². The van der Waals surface area contributed by atoms with Gasteiger partial charge in [0.1, 0.15) is 23.6 Å². The van der Waals surface area contributed by atoms with E-state index in [1.54, 1.807) is 24.3 Å². The van der Waals surface area contributed by atoms with Crippen LogP contribution in [0.2, 0.25) is 0 Å². The first-order chi connectivity index (χ1) is 20.4. The summed E-state index contributed by atoms with van der Waals surface area (Å²) < 4.78 is 0. The molecular weight excluding hydrogens is 560 g/mol. The molecule has 43 heavy (non-hydrogen) atoms. The molecule has 232 valence electrons. The predicted octanol–water partition coefficient (Wildman–Crippen LogP) is -3.06. The number of hydrogen-bond donors (Lipinski definition) is 10. The Morgan fingerprint density at radius 2 is 1.51 bits per heavy atom. The van der Waals surface area contributed by atoms with Crippen LogP contribution in [0.1, 0.15) is 24.0 Å². The molecule has 0 aromatic heterocycles. The minimum Gasteiger partial charge on any atom is -0.508 e. The number of rotatable bonds is 9. The van der Waals surface area contributed by atoms with Crippen LogP contribution in [0.15, 0.2) is 36.4 Å². The van der Waals surface area contributed by atoms with Crippen LogP contribution >= 0.6 is 0 Å². The van der Waals surface area contributed by atoms with Crippen molar-refractivity contribution in [3.05, 3.63) is 47.5 Å². The van der Waals surface area contributed by atoms with Gasteiger partial charge >= 0.3 is 0 Å². The minimum atomic E-state index is -1.78. The second kappa shape index (κ2) is 14.9. The quantitative estimate of drug-likeness (QED) is 0.130. The van der Waals surface area contributed by atoms with Gasteiger partial charge in [0, 0.05) is 25.9 Å². The third-order valence-corrected chi connectivity index (χ3v) is 6.93. The lowest BCUT2D eigenvalue weighted by Gasteiger charge is -2.25. The molecule has 0 fully saturated rings. The van der Waals surface area contributed by atoms with Crippen LogP contribution in [0, 0.1) is 0 Å². The van der Waals surface area contributed by atoms with Crippen LogP contribution in [0.25, 0.3) is 11.1 Å². The van der Waals surface area contributed by atoms with E-state index in [1.165, 1.54) is 12.1 Å². The predicted molar refractivity (Wildman–Crippen MR) is 156 cm³/mol. The Kier molecular flexibility index (Phi) is 11.4. The number of phenols is 2. The second-order valence-corrected chi connectivity index (χ2v) is 10.2. The van der Waals surface area contributed by atoms with E-state index in [1.807, 2.05) is 0 Å². The van der Waals surface area contributed by atoms with Crippen molar-refractivity contribution >= 4 is 29.5 Å². The maximum absolute atomic E-state index is 13.5.